The van der Waals surface area contributed by atoms with E-state index in [0.29, 0.717) is 38.2 Å². The van der Waals surface area contributed by atoms with E-state index in [-0.39, 0.29) is 10.9 Å². The van der Waals surface area contributed by atoms with Crippen LogP contribution in [-0.4, -0.2) is 4.40 Å². The van der Waals surface area contributed by atoms with E-state index >= 15 is 0 Å². The van der Waals surface area contributed by atoms with Crippen molar-refractivity contribution >= 4 is 60.0 Å². The summed E-state index contributed by atoms with van der Waals surface area (Å²) in [5, 5.41) is 3.92. The molecular weight excluding hydrogens is 374 g/mol. The Hall–Kier alpha value is -4.18. The molecular formula is C26H13NO3. The van der Waals surface area contributed by atoms with Crippen molar-refractivity contribution in [1.82, 2.24) is 4.40 Å². The van der Waals surface area contributed by atoms with Crippen LogP contribution in [0.1, 0.15) is 0 Å². The van der Waals surface area contributed by atoms with E-state index in [0.717, 1.165) is 21.8 Å². The van der Waals surface area contributed by atoms with Gasteiger partial charge in [0.25, 0.3) is 0 Å². The summed E-state index contributed by atoms with van der Waals surface area (Å²) in [5.74, 6) is 0. The van der Waals surface area contributed by atoms with E-state index in [1.165, 1.54) is 0 Å². The maximum atomic E-state index is 13.7. The molecule has 0 aliphatic heterocycles. The van der Waals surface area contributed by atoms with Gasteiger partial charge in [0.1, 0.15) is 11.2 Å². The van der Waals surface area contributed by atoms with Crippen molar-refractivity contribution in [3.63, 3.8) is 0 Å². The zero-order chi connectivity index (χ0) is 20.0. The first kappa shape index (κ1) is 15.7. The van der Waals surface area contributed by atoms with E-state index < -0.39 is 0 Å². The summed E-state index contributed by atoms with van der Waals surface area (Å²) in [5.41, 5.74) is 3.34. The van der Waals surface area contributed by atoms with Crippen LogP contribution in [0.2, 0.25) is 0 Å². The number of hydrogen-bond acceptors (Lipinski definition) is 3. The number of pyridine rings is 2. The van der Waals surface area contributed by atoms with Crippen LogP contribution in [0, 0.1) is 0 Å². The molecule has 0 aliphatic rings. The summed E-state index contributed by atoms with van der Waals surface area (Å²) in [6.45, 7) is 0. The Kier molecular flexibility index (Phi) is 2.75. The Balaban J connectivity index is 2.01. The number of fused-ring (bicyclic) bond motifs is 8. The first-order valence-corrected chi connectivity index (χ1v) is 9.80. The van der Waals surface area contributed by atoms with Crippen LogP contribution in [0.15, 0.2) is 92.9 Å². The summed E-state index contributed by atoms with van der Waals surface area (Å²) in [6.07, 6.45) is 0. The van der Waals surface area contributed by atoms with Crippen molar-refractivity contribution in [2.24, 2.45) is 0 Å². The molecule has 0 unspecified atom stereocenters. The lowest BCUT2D eigenvalue weighted by Crippen LogP contribution is -2.14. The molecule has 4 aromatic carbocycles. The van der Waals surface area contributed by atoms with Gasteiger partial charge in [-0.05, 0) is 36.4 Å². The number of para-hydroxylation sites is 3. The first-order valence-electron chi connectivity index (χ1n) is 9.80. The highest BCUT2D eigenvalue weighted by Gasteiger charge is 2.22. The normalized spacial score (nSPS) is 12.3. The van der Waals surface area contributed by atoms with Crippen LogP contribution >= 0.6 is 0 Å². The fourth-order valence-corrected chi connectivity index (χ4v) is 4.87. The molecule has 4 heteroatoms. The van der Waals surface area contributed by atoms with Crippen LogP contribution in [0.25, 0.3) is 60.0 Å². The van der Waals surface area contributed by atoms with Crippen molar-refractivity contribution < 1.29 is 4.42 Å². The van der Waals surface area contributed by atoms with Crippen LogP contribution in [-0.2, 0) is 0 Å². The quantitative estimate of drug-likeness (QED) is 0.257. The van der Waals surface area contributed by atoms with Gasteiger partial charge in [0, 0.05) is 21.5 Å². The molecule has 0 saturated heterocycles. The standard InChI is InChI=1S/C26H13NO3/c28-25-14-7-1-4-10-18(14)27-19-11-5-2-8-15(19)26(29)23-22-16-9-3-6-12-20(16)30-21(22)13-17(25)24(23)27/h1-13H. The highest BCUT2D eigenvalue weighted by atomic mass is 16.3. The average Bonchev–Trinajstić information content (AvgIpc) is 3.16. The molecule has 0 saturated carbocycles. The molecule has 7 rings (SSSR count). The Morgan fingerprint density at radius 3 is 1.90 bits per heavy atom. The van der Waals surface area contributed by atoms with Crippen LogP contribution in [0.4, 0.5) is 0 Å². The second-order valence-electron chi connectivity index (χ2n) is 7.65. The second-order valence-corrected chi connectivity index (χ2v) is 7.65. The van der Waals surface area contributed by atoms with Crippen molar-refractivity contribution in [2.75, 3.05) is 0 Å². The van der Waals surface area contributed by atoms with Gasteiger partial charge >= 0.3 is 0 Å². The number of furan rings is 1. The van der Waals surface area contributed by atoms with Gasteiger partial charge in [-0.3, -0.25) is 9.59 Å². The number of rotatable bonds is 0. The van der Waals surface area contributed by atoms with Gasteiger partial charge in [0.2, 0.25) is 0 Å². The predicted molar refractivity (Wildman–Crippen MR) is 121 cm³/mol. The number of hydrogen-bond donors (Lipinski definition) is 0. The summed E-state index contributed by atoms with van der Waals surface area (Å²) < 4.78 is 8.12. The molecule has 0 atom stereocenters. The van der Waals surface area contributed by atoms with Gasteiger partial charge in [0.15, 0.2) is 10.9 Å². The van der Waals surface area contributed by atoms with Gasteiger partial charge in [-0.2, -0.15) is 0 Å². The Bertz CT molecular complexity index is 1930. The lowest BCUT2D eigenvalue weighted by atomic mass is 9.99. The lowest BCUT2D eigenvalue weighted by molar-refractivity contribution is 0.669. The van der Waals surface area contributed by atoms with Gasteiger partial charge in [-0.1, -0.05) is 42.5 Å². The Morgan fingerprint density at radius 1 is 0.567 bits per heavy atom. The molecule has 7 aromatic rings. The van der Waals surface area contributed by atoms with E-state index in [1.54, 1.807) is 6.07 Å². The number of nitrogens with zero attached hydrogens (tertiary/aromatic N) is 1. The highest BCUT2D eigenvalue weighted by Crippen LogP contribution is 2.37. The maximum absolute atomic E-state index is 13.7. The smallest absolute Gasteiger partial charge is 0.198 e. The zero-order valence-electron chi connectivity index (χ0n) is 15.7. The maximum Gasteiger partial charge on any atom is 0.198 e. The third kappa shape index (κ3) is 1.72. The fraction of sp³-hybridized carbons (Fsp3) is 0. The molecule has 4 nitrogen and oxygen atoms in total. The highest BCUT2D eigenvalue weighted by molar-refractivity contribution is 6.24. The van der Waals surface area contributed by atoms with Gasteiger partial charge < -0.3 is 8.82 Å². The molecule has 140 valence electrons. The predicted octanol–water partition coefficient (Wildman–Crippen LogP) is 5.46. The summed E-state index contributed by atoms with van der Waals surface area (Å²) in [6, 6.07) is 24.6. The summed E-state index contributed by atoms with van der Waals surface area (Å²) in [7, 11) is 0. The minimum absolute atomic E-state index is 0.0811. The third-order valence-corrected chi connectivity index (χ3v) is 6.11. The van der Waals surface area contributed by atoms with Crippen molar-refractivity contribution in [3.8, 4) is 0 Å². The zero-order valence-corrected chi connectivity index (χ0v) is 15.7. The van der Waals surface area contributed by atoms with Crippen LogP contribution in [0.5, 0.6) is 0 Å². The molecule has 0 aliphatic carbocycles. The third-order valence-electron chi connectivity index (χ3n) is 6.11. The average molecular weight is 387 g/mol. The Labute approximate surface area is 168 Å². The SMILES string of the molecule is O=c1c2ccccc2n2c3ccccc3c(=O)c3c4c(cc1c32)oc1ccccc14. The molecule has 0 radical (unpaired) electrons. The molecule has 0 spiro atoms. The molecule has 0 amide bonds. The van der Waals surface area contributed by atoms with Crippen molar-refractivity contribution in [1.29, 1.82) is 0 Å². The first-order chi connectivity index (χ1) is 14.7. The van der Waals surface area contributed by atoms with E-state index in [4.69, 9.17) is 4.42 Å². The molecule has 0 fully saturated rings. The van der Waals surface area contributed by atoms with Crippen molar-refractivity contribution in [3.05, 3.63) is 99.3 Å². The van der Waals surface area contributed by atoms with Crippen LogP contribution < -0.4 is 10.9 Å². The van der Waals surface area contributed by atoms with Gasteiger partial charge in [-0.25, -0.2) is 0 Å². The molecule has 0 N–H and O–H groups in total. The fourth-order valence-electron chi connectivity index (χ4n) is 4.87. The molecule has 3 aromatic heterocycles. The second kappa shape index (κ2) is 5.24. The van der Waals surface area contributed by atoms with E-state index in [2.05, 4.69) is 4.40 Å². The molecule has 3 heterocycles. The monoisotopic (exact) mass is 387 g/mol. The van der Waals surface area contributed by atoms with Crippen molar-refractivity contribution in [2.45, 2.75) is 0 Å². The van der Waals surface area contributed by atoms with Gasteiger partial charge in [-0.15, -0.1) is 0 Å². The minimum atomic E-state index is -0.0902. The lowest BCUT2D eigenvalue weighted by Gasteiger charge is -2.14. The largest absolute Gasteiger partial charge is 0.456 e. The molecule has 0 bridgehead atoms. The van der Waals surface area contributed by atoms with Crippen LogP contribution in [0.3, 0.4) is 0 Å². The van der Waals surface area contributed by atoms with E-state index in [1.807, 2.05) is 72.8 Å². The summed E-state index contributed by atoms with van der Waals surface area (Å²) >= 11 is 0. The number of benzene rings is 4. The minimum Gasteiger partial charge on any atom is -0.456 e. The summed E-state index contributed by atoms with van der Waals surface area (Å²) in [4.78, 5) is 27.2. The topological polar surface area (TPSA) is 51.7 Å². The van der Waals surface area contributed by atoms with Gasteiger partial charge in [0.05, 0.1) is 27.3 Å². The molecule has 30 heavy (non-hydrogen) atoms. The van der Waals surface area contributed by atoms with E-state index in [9.17, 15) is 9.59 Å². The Morgan fingerprint density at radius 2 is 1.17 bits per heavy atom. The number of aromatic nitrogens is 1.